The molecular weight excluding hydrogens is 504 g/mol. The molecule has 0 heteroatoms. The van der Waals surface area contributed by atoms with Crippen molar-refractivity contribution in [3.63, 3.8) is 0 Å². The topological polar surface area (TPSA) is 0 Å². The Morgan fingerprint density at radius 1 is 0.357 bits per heavy atom. The van der Waals surface area contributed by atoms with Gasteiger partial charge in [0.05, 0.1) is 0 Å². The highest BCUT2D eigenvalue weighted by Crippen LogP contribution is 2.25. The van der Waals surface area contributed by atoms with Crippen LogP contribution in [-0.4, -0.2) is 0 Å². The van der Waals surface area contributed by atoms with Gasteiger partial charge in [-0.05, 0) is 70.8 Å². The first-order valence-corrected chi connectivity index (χ1v) is 17.8. The summed E-state index contributed by atoms with van der Waals surface area (Å²) in [6.45, 7) is 4.58. The summed E-state index contributed by atoms with van der Waals surface area (Å²) in [4.78, 5) is 0. The molecule has 3 aromatic carbocycles. The first-order valence-electron chi connectivity index (χ1n) is 17.8. The molecule has 42 heavy (non-hydrogen) atoms. The molecule has 0 spiro atoms. The van der Waals surface area contributed by atoms with Crippen LogP contribution in [0.2, 0.25) is 0 Å². The summed E-state index contributed by atoms with van der Waals surface area (Å²) in [5.74, 6) is 13.7. The molecule has 0 aromatic heterocycles. The molecule has 0 saturated carbocycles. The van der Waals surface area contributed by atoms with Gasteiger partial charge in [-0.3, -0.25) is 0 Å². The average molecular weight is 563 g/mol. The number of unbranched alkanes of at least 4 members (excludes halogenated alkanes) is 20. The van der Waals surface area contributed by atoms with Gasteiger partial charge in [0, 0.05) is 24.0 Å². The largest absolute Gasteiger partial charge is 0.0979 e. The Morgan fingerprint density at radius 2 is 0.690 bits per heavy atom. The average Bonchev–Trinajstić information content (AvgIpc) is 3.01. The molecule has 0 saturated heterocycles. The Morgan fingerprint density at radius 3 is 1.05 bits per heavy atom. The van der Waals surface area contributed by atoms with Crippen molar-refractivity contribution in [2.24, 2.45) is 0 Å². The third-order valence-corrected chi connectivity index (χ3v) is 8.57. The normalized spacial score (nSPS) is 10.9. The van der Waals surface area contributed by atoms with Gasteiger partial charge >= 0.3 is 0 Å². The molecule has 0 fully saturated rings. The van der Waals surface area contributed by atoms with E-state index < -0.39 is 0 Å². The van der Waals surface area contributed by atoms with E-state index in [4.69, 9.17) is 0 Å². The van der Waals surface area contributed by atoms with Crippen molar-refractivity contribution in [3.05, 3.63) is 59.7 Å². The molecule has 3 rings (SSSR count). The van der Waals surface area contributed by atoms with Crippen LogP contribution in [0.4, 0.5) is 0 Å². The zero-order valence-electron chi connectivity index (χ0n) is 27.2. The van der Waals surface area contributed by atoms with Gasteiger partial charge in [0.15, 0.2) is 0 Å². The summed E-state index contributed by atoms with van der Waals surface area (Å²) in [7, 11) is 0. The Labute approximate surface area is 259 Å². The summed E-state index contributed by atoms with van der Waals surface area (Å²) in [6.07, 6.45) is 29.5. The van der Waals surface area contributed by atoms with Crippen LogP contribution in [0.3, 0.4) is 0 Å². The minimum Gasteiger partial charge on any atom is -0.0979 e. The number of rotatable bonds is 20. The molecular formula is C42H58. The van der Waals surface area contributed by atoms with Crippen LogP contribution in [0.5, 0.6) is 0 Å². The molecule has 3 aromatic rings. The van der Waals surface area contributed by atoms with Gasteiger partial charge in [0.1, 0.15) is 0 Å². The number of hydrogen-bond donors (Lipinski definition) is 0. The zero-order valence-corrected chi connectivity index (χ0v) is 27.2. The lowest BCUT2D eigenvalue weighted by Crippen LogP contribution is -1.82. The van der Waals surface area contributed by atoms with Gasteiger partial charge in [0.25, 0.3) is 0 Å². The maximum absolute atomic E-state index is 3.42. The van der Waals surface area contributed by atoms with Crippen molar-refractivity contribution in [2.75, 3.05) is 0 Å². The fourth-order valence-corrected chi connectivity index (χ4v) is 5.88. The van der Waals surface area contributed by atoms with E-state index in [2.05, 4.69) is 86.1 Å². The predicted molar refractivity (Wildman–Crippen MR) is 188 cm³/mol. The Balaban J connectivity index is 1.37. The fraction of sp³-hybridized carbons (Fsp3) is 0.571. The summed E-state index contributed by atoms with van der Waals surface area (Å²) >= 11 is 0. The minimum atomic E-state index is 1.01. The van der Waals surface area contributed by atoms with Crippen molar-refractivity contribution in [2.45, 2.75) is 155 Å². The number of fused-ring (bicyclic) bond motifs is 2. The van der Waals surface area contributed by atoms with E-state index in [0.29, 0.717) is 0 Å². The van der Waals surface area contributed by atoms with Crippen LogP contribution < -0.4 is 0 Å². The van der Waals surface area contributed by atoms with E-state index in [9.17, 15) is 0 Å². The predicted octanol–water partition coefficient (Wildman–Crippen LogP) is 13.3. The van der Waals surface area contributed by atoms with Gasteiger partial charge in [-0.15, -0.1) is 0 Å². The van der Waals surface area contributed by atoms with Crippen molar-refractivity contribution in [1.82, 2.24) is 0 Å². The lowest BCUT2D eigenvalue weighted by Gasteiger charge is -2.04. The smallest absolute Gasteiger partial charge is 0.0251 e. The van der Waals surface area contributed by atoms with E-state index in [0.717, 1.165) is 24.0 Å². The zero-order chi connectivity index (χ0) is 29.5. The Kier molecular flexibility index (Phi) is 17.6. The summed E-state index contributed by atoms with van der Waals surface area (Å²) in [6, 6.07) is 17.9. The molecule has 0 nitrogen and oxygen atoms in total. The second-order valence-corrected chi connectivity index (χ2v) is 12.4. The third-order valence-electron chi connectivity index (χ3n) is 8.57. The van der Waals surface area contributed by atoms with E-state index in [1.165, 1.54) is 150 Å². The maximum atomic E-state index is 3.42. The van der Waals surface area contributed by atoms with Crippen LogP contribution in [-0.2, 0) is 0 Å². The maximum Gasteiger partial charge on any atom is 0.0251 e. The van der Waals surface area contributed by atoms with Crippen molar-refractivity contribution in [3.8, 4) is 23.7 Å². The minimum absolute atomic E-state index is 1.01. The van der Waals surface area contributed by atoms with Crippen LogP contribution >= 0.6 is 0 Å². The fourth-order valence-electron chi connectivity index (χ4n) is 5.88. The van der Waals surface area contributed by atoms with Gasteiger partial charge in [-0.2, -0.15) is 0 Å². The van der Waals surface area contributed by atoms with Gasteiger partial charge in [-0.25, -0.2) is 0 Å². The number of hydrogen-bond acceptors (Lipinski definition) is 0. The monoisotopic (exact) mass is 562 g/mol. The second-order valence-electron chi connectivity index (χ2n) is 12.4. The van der Waals surface area contributed by atoms with Crippen molar-refractivity contribution in [1.29, 1.82) is 0 Å². The lowest BCUT2D eigenvalue weighted by molar-refractivity contribution is 0.558. The van der Waals surface area contributed by atoms with E-state index in [1.54, 1.807) is 0 Å². The third kappa shape index (κ3) is 14.0. The van der Waals surface area contributed by atoms with Crippen LogP contribution in [0, 0.1) is 23.7 Å². The Hall–Kier alpha value is -2.70. The second kappa shape index (κ2) is 21.9. The SMILES string of the molecule is CCCCCCCCCCCCC#Cc1ccc2cc3cc(C#CCCCCCCCCCCCC)ccc3cc2c1. The van der Waals surface area contributed by atoms with E-state index >= 15 is 0 Å². The molecule has 0 N–H and O–H groups in total. The van der Waals surface area contributed by atoms with Gasteiger partial charge in [-0.1, -0.05) is 165 Å². The number of benzene rings is 3. The molecule has 0 unspecified atom stereocenters. The van der Waals surface area contributed by atoms with Crippen molar-refractivity contribution >= 4 is 21.5 Å². The summed E-state index contributed by atoms with van der Waals surface area (Å²) < 4.78 is 0. The standard InChI is InChI=1S/C42H58/c1-3-5-7-9-11-13-15-17-19-21-23-25-27-37-29-31-39-36-42-34-38(30-32-40(42)35-41(39)33-37)28-26-24-22-20-18-16-14-12-10-8-6-4-2/h29-36H,3-24H2,1-2H3. The van der Waals surface area contributed by atoms with Crippen molar-refractivity contribution < 1.29 is 0 Å². The highest BCUT2D eigenvalue weighted by atomic mass is 14.0. The molecule has 0 radical (unpaired) electrons. The molecule has 0 aliphatic rings. The molecule has 0 amide bonds. The first-order chi connectivity index (χ1) is 20.8. The van der Waals surface area contributed by atoms with Crippen LogP contribution in [0.1, 0.15) is 166 Å². The highest BCUT2D eigenvalue weighted by molar-refractivity contribution is 5.99. The quantitative estimate of drug-likeness (QED) is 0.0729. The van der Waals surface area contributed by atoms with Crippen LogP contribution in [0.25, 0.3) is 21.5 Å². The molecule has 226 valence electrons. The van der Waals surface area contributed by atoms with E-state index in [-0.39, 0.29) is 0 Å². The first kappa shape index (κ1) is 33.8. The molecule has 0 atom stereocenters. The molecule has 0 aliphatic heterocycles. The van der Waals surface area contributed by atoms with Gasteiger partial charge in [0.2, 0.25) is 0 Å². The molecule has 0 aliphatic carbocycles. The lowest BCUT2D eigenvalue weighted by atomic mass is 10.00. The summed E-state index contributed by atoms with van der Waals surface area (Å²) in [5.41, 5.74) is 2.26. The molecule has 0 heterocycles. The molecule has 0 bridgehead atoms. The van der Waals surface area contributed by atoms with Gasteiger partial charge < -0.3 is 0 Å². The van der Waals surface area contributed by atoms with Crippen LogP contribution in [0.15, 0.2) is 48.5 Å². The van der Waals surface area contributed by atoms with E-state index in [1.807, 2.05) is 0 Å². The Bertz CT molecular complexity index is 1170. The summed E-state index contributed by atoms with van der Waals surface area (Å²) in [5, 5.41) is 5.09. The highest BCUT2D eigenvalue weighted by Gasteiger charge is 2.01.